The van der Waals surface area contributed by atoms with Gasteiger partial charge in [-0.25, -0.2) is 19.9 Å². The van der Waals surface area contributed by atoms with Crippen LogP contribution in [0, 0.1) is 18.3 Å². The van der Waals surface area contributed by atoms with E-state index in [-0.39, 0.29) is 6.61 Å². The van der Waals surface area contributed by atoms with E-state index in [0.29, 0.717) is 48.6 Å². The van der Waals surface area contributed by atoms with E-state index in [1.54, 1.807) is 12.3 Å². The third-order valence-corrected chi connectivity index (χ3v) is 6.26. The predicted molar refractivity (Wildman–Crippen MR) is 128 cm³/mol. The number of aryl methyl sites for hydroxylation is 1. The summed E-state index contributed by atoms with van der Waals surface area (Å²) in [5, 5.41) is 26.1. The van der Waals surface area contributed by atoms with Crippen molar-refractivity contribution in [3.63, 3.8) is 0 Å². The highest BCUT2D eigenvalue weighted by atomic mass is 16.5. The van der Waals surface area contributed by atoms with Crippen LogP contribution in [0.2, 0.25) is 0 Å². The number of rotatable bonds is 5. The number of nitrogens with one attached hydrogen (secondary N) is 2. The van der Waals surface area contributed by atoms with Gasteiger partial charge in [0.25, 0.3) is 0 Å². The fourth-order valence-electron chi connectivity index (χ4n) is 4.33. The molecule has 174 valence electrons. The lowest BCUT2D eigenvalue weighted by molar-refractivity contribution is 0.122. The zero-order valence-electron chi connectivity index (χ0n) is 19.2. The van der Waals surface area contributed by atoms with E-state index in [4.69, 9.17) is 4.74 Å². The number of nitriles is 1. The molecule has 0 bridgehead atoms. The van der Waals surface area contributed by atoms with E-state index in [9.17, 15) is 10.4 Å². The van der Waals surface area contributed by atoms with Crippen molar-refractivity contribution >= 4 is 23.3 Å². The van der Waals surface area contributed by atoms with Gasteiger partial charge in [-0.3, -0.25) is 0 Å². The first-order valence-corrected chi connectivity index (χ1v) is 11.2. The second-order valence-corrected chi connectivity index (χ2v) is 8.78. The van der Waals surface area contributed by atoms with E-state index in [1.807, 2.05) is 32.0 Å². The van der Waals surface area contributed by atoms with Crippen molar-refractivity contribution in [1.82, 2.24) is 19.9 Å². The monoisotopic (exact) mass is 458 g/mol. The molecule has 2 aromatic heterocycles. The minimum atomic E-state index is -0.459. The first-order chi connectivity index (χ1) is 16.5. The van der Waals surface area contributed by atoms with E-state index < -0.39 is 5.41 Å². The quantitative estimate of drug-likeness (QED) is 0.523. The van der Waals surface area contributed by atoms with Gasteiger partial charge in [0.15, 0.2) is 0 Å². The Labute approximate surface area is 197 Å². The molecule has 5 rings (SSSR count). The number of anilines is 4. The summed E-state index contributed by atoms with van der Waals surface area (Å²) in [5.74, 6) is 2.48. The fourth-order valence-corrected chi connectivity index (χ4v) is 4.33. The Morgan fingerprint density at radius 1 is 1.24 bits per heavy atom. The normalized spacial score (nSPS) is 19.3. The SMILES string of the molecule is Cc1nc(Nc2nccc(-c3cc(C#N)c4c(c3)C(C)(CO)CN4)n2)cc(N2CCOCC2)n1. The number of nitrogens with zero attached hydrogens (tertiary/aromatic N) is 6. The lowest BCUT2D eigenvalue weighted by Gasteiger charge is -2.28. The summed E-state index contributed by atoms with van der Waals surface area (Å²) in [4.78, 5) is 20.3. The van der Waals surface area contributed by atoms with Gasteiger partial charge in [-0.1, -0.05) is 6.92 Å². The Hall–Kier alpha value is -3.81. The highest BCUT2D eigenvalue weighted by molar-refractivity contribution is 5.76. The fraction of sp³-hybridized carbons (Fsp3) is 0.375. The molecule has 10 heteroatoms. The van der Waals surface area contributed by atoms with Crippen LogP contribution in [0.1, 0.15) is 23.9 Å². The molecule has 34 heavy (non-hydrogen) atoms. The summed E-state index contributed by atoms with van der Waals surface area (Å²) in [7, 11) is 0. The van der Waals surface area contributed by atoms with E-state index in [1.165, 1.54) is 0 Å². The van der Waals surface area contributed by atoms with Gasteiger partial charge in [0.05, 0.1) is 36.8 Å². The Morgan fingerprint density at radius 2 is 2.06 bits per heavy atom. The summed E-state index contributed by atoms with van der Waals surface area (Å²) in [6, 6.07) is 9.75. The zero-order chi connectivity index (χ0) is 23.7. The third-order valence-electron chi connectivity index (χ3n) is 6.26. The number of morpholine rings is 1. The number of hydrogen-bond acceptors (Lipinski definition) is 10. The van der Waals surface area contributed by atoms with E-state index in [2.05, 4.69) is 41.5 Å². The van der Waals surface area contributed by atoms with Crippen molar-refractivity contribution in [2.45, 2.75) is 19.3 Å². The van der Waals surface area contributed by atoms with Crippen molar-refractivity contribution in [3.8, 4) is 17.3 Å². The van der Waals surface area contributed by atoms with Crippen LogP contribution >= 0.6 is 0 Å². The van der Waals surface area contributed by atoms with Gasteiger partial charge in [0.2, 0.25) is 5.95 Å². The molecule has 2 aliphatic rings. The van der Waals surface area contributed by atoms with Crippen LogP contribution in [0.4, 0.5) is 23.3 Å². The average molecular weight is 459 g/mol. The van der Waals surface area contributed by atoms with Crippen molar-refractivity contribution in [3.05, 3.63) is 47.4 Å². The van der Waals surface area contributed by atoms with Gasteiger partial charge in [0, 0.05) is 42.9 Å². The van der Waals surface area contributed by atoms with Crippen molar-refractivity contribution < 1.29 is 9.84 Å². The summed E-state index contributed by atoms with van der Waals surface area (Å²) in [5.41, 5.74) is 3.22. The molecule has 10 nitrogen and oxygen atoms in total. The molecule has 0 aliphatic carbocycles. The van der Waals surface area contributed by atoms with E-state index >= 15 is 0 Å². The van der Waals surface area contributed by atoms with Gasteiger partial charge < -0.3 is 25.4 Å². The molecule has 3 N–H and O–H groups in total. The van der Waals surface area contributed by atoms with Crippen LogP contribution in [0.15, 0.2) is 30.5 Å². The second-order valence-electron chi connectivity index (χ2n) is 8.78. The molecular weight excluding hydrogens is 432 g/mol. The number of aliphatic hydroxyl groups is 1. The Kier molecular flexibility index (Phi) is 5.73. The van der Waals surface area contributed by atoms with E-state index in [0.717, 1.165) is 35.7 Å². The van der Waals surface area contributed by atoms with Gasteiger partial charge in [-0.15, -0.1) is 0 Å². The van der Waals surface area contributed by atoms with Crippen molar-refractivity contribution in [1.29, 1.82) is 5.26 Å². The molecule has 3 aromatic rings. The number of fused-ring (bicyclic) bond motifs is 1. The standard InChI is InChI=1S/C24H26N8O2/c1-15-28-20(11-21(29-15)32-5-7-34-8-6-32)31-23-26-4-3-19(30-23)16-9-17(12-25)22-18(10-16)24(2,14-33)13-27-22/h3-4,9-11,27,33H,5-8,13-14H2,1-2H3,(H,26,28,29,30,31). The minimum Gasteiger partial charge on any atom is -0.395 e. The molecular formula is C24H26N8O2. The van der Waals surface area contributed by atoms with Crippen LogP contribution in [0.25, 0.3) is 11.3 Å². The Balaban J connectivity index is 1.46. The van der Waals surface area contributed by atoms with Crippen molar-refractivity contribution in [2.24, 2.45) is 0 Å². The summed E-state index contributed by atoms with van der Waals surface area (Å²) < 4.78 is 5.44. The summed E-state index contributed by atoms with van der Waals surface area (Å²) >= 11 is 0. The maximum atomic E-state index is 9.96. The number of ether oxygens (including phenoxy) is 1. The topological polar surface area (TPSA) is 132 Å². The first-order valence-electron chi connectivity index (χ1n) is 11.2. The van der Waals surface area contributed by atoms with Crippen LogP contribution in [0.3, 0.4) is 0 Å². The molecule has 0 radical (unpaired) electrons. The molecule has 1 aromatic carbocycles. The molecule has 1 saturated heterocycles. The third kappa shape index (κ3) is 4.11. The number of hydrogen-bond donors (Lipinski definition) is 3. The average Bonchev–Trinajstić information content (AvgIpc) is 3.21. The van der Waals surface area contributed by atoms with Crippen LogP contribution < -0.4 is 15.5 Å². The molecule has 1 unspecified atom stereocenters. The molecule has 2 aliphatic heterocycles. The predicted octanol–water partition coefficient (Wildman–Crippen LogP) is 2.37. The van der Waals surface area contributed by atoms with Crippen LogP contribution in [-0.2, 0) is 10.2 Å². The maximum Gasteiger partial charge on any atom is 0.228 e. The van der Waals surface area contributed by atoms with Crippen molar-refractivity contribution in [2.75, 3.05) is 55.0 Å². The molecule has 1 atom stereocenters. The maximum absolute atomic E-state index is 9.96. The number of benzene rings is 1. The highest BCUT2D eigenvalue weighted by Crippen LogP contribution is 2.41. The van der Waals surface area contributed by atoms with Crippen LogP contribution in [0.5, 0.6) is 0 Å². The van der Waals surface area contributed by atoms with Gasteiger partial charge >= 0.3 is 0 Å². The Morgan fingerprint density at radius 3 is 2.82 bits per heavy atom. The second kappa shape index (κ2) is 8.85. The number of aliphatic hydroxyl groups excluding tert-OH is 1. The smallest absolute Gasteiger partial charge is 0.228 e. The summed E-state index contributed by atoms with van der Waals surface area (Å²) in [6.45, 7) is 7.30. The highest BCUT2D eigenvalue weighted by Gasteiger charge is 2.36. The molecule has 1 fully saturated rings. The van der Waals surface area contributed by atoms with Gasteiger partial charge in [0.1, 0.15) is 23.5 Å². The Bertz CT molecular complexity index is 1270. The van der Waals surface area contributed by atoms with Gasteiger partial charge in [-0.2, -0.15) is 5.26 Å². The molecule has 0 amide bonds. The van der Waals surface area contributed by atoms with Crippen LogP contribution in [-0.4, -0.2) is 64.5 Å². The lowest BCUT2D eigenvalue weighted by Crippen LogP contribution is -2.36. The molecule has 4 heterocycles. The molecule has 0 spiro atoms. The zero-order valence-corrected chi connectivity index (χ0v) is 19.2. The minimum absolute atomic E-state index is 0.0174. The molecule has 0 saturated carbocycles. The number of aromatic nitrogens is 4. The largest absolute Gasteiger partial charge is 0.395 e. The van der Waals surface area contributed by atoms with Gasteiger partial charge in [-0.05, 0) is 30.7 Å². The lowest BCUT2D eigenvalue weighted by atomic mass is 9.83. The summed E-state index contributed by atoms with van der Waals surface area (Å²) in [6.07, 6.45) is 1.67. The first kappa shape index (κ1) is 22.0.